The molecule has 0 bridgehead atoms. The largest absolute Gasteiger partial charge is 0.494 e. The van der Waals surface area contributed by atoms with Crippen LogP contribution in [-0.2, 0) is 0 Å². The molecule has 0 amide bonds. The second-order valence-corrected chi connectivity index (χ2v) is 9.75. The zero-order valence-electron chi connectivity index (χ0n) is 19.7. The van der Waals surface area contributed by atoms with Crippen molar-refractivity contribution in [3.8, 4) is 11.5 Å². The van der Waals surface area contributed by atoms with Crippen LogP contribution in [0.15, 0.2) is 42.5 Å². The Morgan fingerprint density at radius 3 is 1.94 bits per heavy atom. The van der Waals surface area contributed by atoms with Crippen LogP contribution in [-0.4, -0.2) is 27.3 Å². The van der Waals surface area contributed by atoms with E-state index in [0.29, 0.717) is 25.0 Å². The minimum absolute atomic E-state index is 0.587. The summed E-state index contributed by atoms with van der Waals surface area (Å²) in [5, 5.41) is 0. The highest BCUT2D eigenvalue weighted by atomic mass is 32.1. The van der Waals surface area contributed by atoms with Gasteiger partial charge in [0.2, 0.25) is 0 Å². The molecule has 0 saturated heterocycles. The molecule has 0 aliphatic carbocycles. The van der Waals surface area contributed by atoms with Gasteiger partial charge in [-0.15, -0.1) is 25.3 Å². The van der Waals surface area contributed by atoms with Crippen molar-refractivity contribution in [3.05, 3.63) is 53.6 Å². The van der Waals surface area contributed by atoms with Crippen molar-refractivity contribution in [2.45, 2.75) is 40.5 Å². The normalized spacial score (nSPS) is 12.2. The molecule has 2 aromatic carbocycles. The van der Waals surface area contributed by atoms with Gasteiger partial charge in [-0.25, -0.2) is 0 Å². The number of benzene rings is 2. The summed E-state index contributed by atoms with van der Waals surface area (Å²) in [6.45, 7) is 10.1. The Morgan fingerprint density at radius 1 is 0.806 bits per heavy atom. The molecule has 3 nitrogen and oxygen atoms in total. The highest BCUT2D eigenvalue weighted by Crippen LogP contribution is 2.39. The van der Waals surface area contributed by atoms with E-state index in [0.717, 1.165) is 51.0 Å². The predicted molar refractivity (Wildman–Crippen MR) is 142 cm³/mol. The van der Waals surface area contributed by atoms with E-state index in [1.54, 1.807) is 0 Å². The van der Waals surface area contributed by atoms with E-state index in [1.165, 1.54) is 0 Å². The maximum atomic E-state index is 6.12. The number of nitrogens with zero attached hydrogens (tertiary/aromatic N) is 1. The van der Waals surface area contributed by atoms with Gasteiger partial charge >= 0.3 is 0 Å². The lowest BCUT2D eigenvalue weighted by atomic mass is 10.1. The first-order valence-electron chi connectivity index (χ1n) is 11.0. The lowest BCUT2D eigenvalue weighted by Crippen LogP contribution is -2.08. The predicted octanol–water partition coefficient (Wildman–Crippen LogP) is 7.29. The molecule has 170 valence electrons. The molecule has 0 aliphatic rings. The average Bonchev–Trinajstić information content (AvgIpc) is 2.73. The van der Waals surface area contributed by atoms with Gasteiger partial charge < -0.3 is 14.4 Å². The van der Waals surface area contributed by atoms with Gasteiger partial charge in [-0.2, -0.15) is 0 Å². The molecule has 0 radical (unpaired) electrons. The Labute approximate surface area is 199 Å². The first kappa shape index (κ1) is 25.5. The quantitative estimate of drug-likeness (QED) is 0.272. The maximum Gasteiger partial charge on any atom is 0.127 e. The van der Waals surface area contributed by atoms with Crippen molar-refractivity contribution in [1.82, 2.24) is 0 Å². The smallest absolute Gasteiger partial charge is 0.127 e. The van der Waals surface area contributed by atoms with Crippen molar-refractivity contribution in [2.75, 3.05) is 32.2 Å². The summed E-state index contributed by atoms with van der Waals surface area (Å²) in [7, 11) is 4.06. The summed E-state index contributed by atoms with van der Waals surface area (Å²) in [6, 6.07) is 14.3. The lowest BCUT2D eigenvalue weighted by Gasteiger charge is -2.17. The number of thiol groups is 2. The number of rotatable bonds is 11. The fraction of sp³-hybridized carbons (Fsp3) is 0.462. The summed E-state index contributed by atoms with van der Waals surface area (Å²) in [6.07, 6.45) is 2.01. The molecule has 0 saturated carbocycles. The van der Waals surface area contributed by atoms with Gasteiger partial charge in [-0.3, -0.25) is 0 Å². The van der Waals surface area contributed by atoms with Crippen LogP contribution < -0.4 is 14.4 Å². The zero-order valence-corrected chi connectivity index (χ0v) is 21.5. The standard InChI is InChI=1S/C26H37NO2S2/c1-18(2)13-15-28-22-11-12-24(29-16-14-19(3)4)23(17-22)26(31)25(30)20-7-9-21(10-8-20)27(5)6/h7-12,17-19,30-31H,13-16H2,1-6H3/b26-25-. The van der Waals surface area contributed by atoms with Crippen molar-refractivity contribution < 1.29 is 9.47 Å². The maximum absolute atomic E-state index is 6.12. The molecule has 0 aliphatic heterocycles. The van der Waals surface area contributed by atoms with Crippen molar-refractivity contribution in [3.63, 3.8) is 0 Å². The van der Waals surface area contributed by atoms with E-state index in [9.17, 15) is 0 Å². The number of hydrogen-bond acceptors (Lipinski definition) is 5. The monoisotopic (exact) mass is 459 g/mol. The van der Waals surface area contributed by atoms with Crippen LogP contribution in [0, 0.1) is 11.8 Å². The first-order valence-corrected chi connectivity index (χ1v) is 11.9. The van der Waals surface area contributed by atoms with Gasteiger partial charge in [0, 0.05) is 35.2 Å². The van der Waals surface area contributed by atoms with Gasteiger partial charge in [0.1, 0.15) is 11.5 Å². The highest BCUT2D eigenvalue weighted by molar-refractivity contribution is 7.96. The van der Waals surface area contributed by atoms with E-state index in [4.69, 9.17) is 34.7 Å². The second kappa shape index (κ2) is 12.4. The first-order chi connectivity index (χ1) is 14.7. The molecular formula is C26H37NO2S2. The SMILES string of the molecule is CC(C)CCOc1ccc(OCCC(C)C)c(/C(S)=C(/S)c2ccc(N(C)C)cc2)c1. The summed E-state index contributed by atoms with van der Waals surface area (Å²) >= 11 is 9.66. The van der Waals surface area contributed by atoms with Gasteiger partial charge in [0.25, 0.3) is 0 Å². The Bertz CT molecular complexity index is 858. The second-order valence-electron chi connectivity index (χ2n) is 8.86. The zero-order chi connectivity index (χ0) is 23.0. The van der Waals surface area contributed by atoms with E-state index in [2.05, 4.69) is 56.9 Å². The summed E-state index contributed by atoms with van der Waals surface area (Å²) < 4.78 is 12.1. The Hall–Kier alpha value is -1.72. The van der Waals surface area contributed by atoms with Crippen LogP contribution in [0.1, 0.15) is 51.7 Å². The summed E-state index contributed by atoms with van der Waals surface area (Å²) in [5.74, 6) is 2.82. The molecule has 31 heavy (non-hydrogen) atoms. The van der Waals surface area contributed by atoms with Crippen LogP contribution in [0.5, 0.6) is 11.5 Å². The van der Waals surface area contributed by atoms with E-state index < -0.39 is 0 Å². The van der Waals surface area contributed by atoms with Gasteiger partial charge in [-0.1, -0.05) is 39.8 Å². The van der Waals surface area contributed by atoms with Crippen LogP contribution >= 0.6 is 25.3 Å². The van der Waals surface area contributed by atoms with Gasteiger partial charge in [-0.05, 0) is 60.6 Å². The molecular weight excluding hydrogens is 422 g/mol. The van der Waals surface area contributed by atoms with Crippen molar-refractivity contribution in [2.24, 2.45) is 11.8 Å². The summed E-state index contributed by atoms with van der Waals surface area (Å²) in [4.78, 5) is 3.66. The summed E-state index contributed by atoms with van der Waals surface area (Å²) in [5.41, 5.74) is 3.05. The Morgan fingerprint density at radius 2 is 1.39 bits per heavy atom. The number of ether oxygens (including phenoxy) is 2. The van der Waals surface area contributed by atoms with Crippen LogP contribution in [0.25, 0.3) is 9.81 Å². The van der Waals surface area contributed by atoms with E-state index in [-0.39, 0.29) is 0 Å². The van der Waals surface area contributed by atoms with Crippen molar-refractivity contribution >= 4 is 40.8 Å². The van der Waals surface area contributed by atoms with Crippen LogP contribution in [0.3, 0.4) is 0 Å². The molecule has 0 atom stereocenters. The number of anilines is 1. The molecule has 0 N–H and O–H groups in total. The minimum atomic E-state index is 0.587. The molecule has 0 aromatic heterocycles. The van der Waals surface area contributed by atoms with Crippen LogP contribution in [0.2, 0.25) is 0 Å². The Balaban J connectivity index is 2.35. The topological polar surface area (TPSA) is 21.7 Å². The lowest BCUT2D eigenvalue weighted by molar-refractivity contribution is 0.281. The third-order valence-electron chi connectivity index (χ3n) is 5.00. The molecule has 2 aromatic rings. The number of hydrogen-bond donors (Lipinski definition) is 2. The molecule has 0 unspecified atom stereocenters. The van der Waals surface area contributed by atoms with Crippen LogP contribution in [0.4, 0.5) is 5.69 Å². The highest BCUT2D eigenvalue weighted by Gasteiger charge is 2.14. The molecule has 0 heterocycles. The van der Waals surface area contributed by atoms with Gasteiger partial charge in [0.05, 0.1) is 13.2 Å². The molecule has 5 heteroatoms. The average molecular weight is 460 g/mol. The molecule has 0 fully saturated rings. The Kier molecular flexibility index (Phi) is 10.2. The third-order valence-corrected chi connectivity index (χ3v) is 6.13. The fourth-order valence-corrected chi connectivity index (χ4v) is 3.48. The molecule has 2 rings (SSSR count). The van der Waals surface area contributed by atoms with Gasteiger partial charge in [0.15, 0.2) is 0 Å². The third kappa shape index (κ3) is 8.04. The molecule has 0 spiro atoms. The van der Waals surface area contributed by atoms with E-state index in [1.807, 2.05) is 32.3 Å². The van der Waals surface area contributed by atoms with E-state index >= 15 is 0 Å². The van der Waals surface area contributed by atoms with Crippen molar-refractivity contribution in [1.29, 1.82) is 0 Å². The fourth-order valence-electron chi connectivity index (χ4n) is 2.91. The minimum Gasteiger partial charge on any atom is -0.494 e.